The predicted molar refractivity (Wildman–Crippen MR) is 311 cm³/mol. The van der Waals surface area contributed by atoms with Crippen molar-refractivity contribution in [3.8, 4) is 22.3 Å². The fourth-order valence-corrected chi connectivity index (χ4v) is 12.1. The predicted octanol–water partition coefficient (Wildman–Crippen LogP) is 22.3. The molecule has 0 unspecified atom stereocenters. The molecule has 2 aliphatic carbocycles. The molecule has 4 aromatic carbocycles. The molecule has 0 nitrogen and oxygen atoms in total. The highest BCUT2D eigenvalue weighted by molar-refractivity contribution is 14.1. The molecule has 65 heavy (non-hydrogen) atoms. The first-order chi connectivity index (χ1) is 32.0. The second-order valence-corrected chi connectivity index (χ2v) is 23.0. The van der Waals surface area contributed by atoms with Crippen molar-refractivity contribution >= 4 is 61.1 Å². The molecule has 2 aliphatic rings. The van der Waals surface area contributed by atoms with Crippen LogP contribution in [-0.2, 0) is 11.8 Å². The van der Waals surface area contributed by atoms with Gasteiger partial charge in [0.25, 0.3) is 0 Å². The summed E-state index contributed by atoms with van der Waals surface area (Å²) in [6.07, 6.45) is 46.4. The Morgan fingerprint density at radius 3 is 1.23 bits per heavy atom. The number of fused-ring (bicyclic) bond motifs is 6. The molecule has 0 fully saturated rings. The molecule has 4 aromatic rings. The van der Waals surface area contributed by atoms with E-state index < -0.39 is 0 Å². The molecule has 0 atom stereocenters. The number of rotatable bonds is 32. The normalized spacial score (nSPS) is 12.7. The minimum Gasteiger partial charge on any atom is -0.0928 e. The van der Waals surface area contributed by atoms with E-state index in [1.807, 2.05) is 0 Å². The van der Waals surface area contributed by atoms with E-state index in [1.165, 1.54) is 251 Å². The molecule has 0 N–H and O–H groups in total. The van der Waals surface area contributed by atoms with Gasteiger partial charge in [-0.2, -0.15) is 0 Å². The molecule has 0 spiro atoms. The Kier molecular flexibility index (Phi) is 30.4. The molecule has 0 aromatic heterocycles. The van der Waals surface area contributed by atoms with Crippen LogP contribution in [0.5, 0.6) is 0 Å². The van der Waals surface area contributed by atoms with Crippen molar-refractivity contribution in [3.63, 3.8) is 0 Å². The van der Waals surface area contributed by atoms with Gasteiger partial charge in [-0.05, 0) is 140 Å². The lowest BCUT2D eigenvalue weighted by Crippen LogP contribution is -2.25. The number of halogens is 3. The minimum absolute atomic E-state index is 0.230. The van der Waals surface area contributed by atoms with E-state index in [1.54, 1.807) is 11.1 Å². The van der Waals surface area contributed by atoms with Crippen LogP contribution in [-0.4, -0.2) is 5.33 Å². The molecule has 0 radical (unpaired) electrons. The average Bonchev–Trinajstić information content (AvgIpc) is 3.82. The number of unbranched alkanes of at least 4 members (excludes halogenated alkanes) is 27. The summed E-state index contributed by atoms with van der Waals surface area (Å²) in [5.74, 6) is 0. The van der Waals surface area contributed by atoms with Gasteiger partial charge in [0.1, 0.15) is 0 Å². The fraction of sp³-hybridized carbons (Fsp3) is 0.613. The molecule has 0 saturated heterocycles. The van der Waals surface area contributed by atoms with Crippen LogP contribution in [0.25, 0.3) is 22.3 Å². The quantitative estimate of drug-likeness (QED) is 0.0229. The van der Waals surface area contributed by atoms with Crippen molar-refractivity contribution in [3.05, 3.63) is 114 Å². The summed E-state index contributed by atoms with van der Waals surface area (Å²) in [5.41, 5.74) is 12.3. The van der Waals surface area contributed by atoms with E-state index in [9.17, 15) is 0 Å². The van der Waals surface area contributed by atoms with Crippen LogP contribution in [0.1, 0.15) is 248 Å². The first-order valence-electron chi connectivity index (χ1n) is 27.3. The van der Waals surface area contributed by atoms with Crippen LogP contribution in [0.4, 0.5) is 0 Å². The summed E-state index contributed by atoms with van der Waals surface area (Å²) in [7, 11) is 0. The minimum atomic E-state index is 0.230. The Balaban J connectivity index is 0.000000276. The Bertz CT molecular complexity index is 1790. The van der Waals surface area contributed by atoms with Gasteiger partial charge in [0, 0.05) is 17.9 Å². The summed E-state index contributed by atoms with van der Waals surface area (Å²) >= 11 is 8.37. The third kappa shape index (κ3) is 20.4. The molecule has 0 amide bonds. The number of alkyl halides is 1. The SMILES string of the molecule is CCCCCCCCCCCCBr.CCCCCCCCCCCCC1(CCCCCCCCCCCC)c2ccccc2-c2ccc(I)cc21.Ic1ccc2c(c1)Cc1ccccc1-2. The Morgan fingerprint density at radius 1 is 0.369 bits per heavy atom. The van der Waals surface area contributed by atoms with E-state index in [-0.39, 0.29) is 5.41 Å². The van der Waals surface area contributed by atoms with Crippen molar-refractivity contribution in [1.82, 2.24) is 0 Å². The van der Waals surface area contributed by atoms with Gasteiger partial charge in [-0.15, -0.1) is 0 Å². The number of benzene rings is 4. The first kappa shape index (κ1) is 56.4. The Labute approximate surface area is 437 Å². The van der Waals surface area contributed by atoms with E-state index in [0.29, 0.717) is 0 Å². The lowest BCUT2D eigenvalue weighted by Gasteiger charge is -2.33. The molecular weight excluding hydrogens is 1080 g/mol. The zero-order valence-electron chi connectivity index (χ0n) is 41.8. The van der Waals surface area contributed by atoms with Gasteiger partial charge in [-0.3, -0.25) is 0 Å². The molecule has 3 heteroatoms. The zero-order chi connectivity index (χ0) is 46.2. The highest BCUT2D eigenvalue weighted by atomic mass is 127. The number of hydrogen-bond donors (Lipinski definition) is 0. The third-order valence-electron chi connectivity index (χ3n) is 14.4. The van der Waals surface area contributed by atoms with Crippen molar-refractivity contribution in [1.29, 1.82) is 0 Å². The van der Waals surface area contributed by atoms with Crippen LogP contribution < -0.4 is 0 Å². The van der Waals surface area contributed by atoms with Gasteiger partial charge in [-0.25, -0.2) is 0 Å². The summed E-state index contributed by atoms with van der Waals surface area (Å²) in [5, 5.41) is 1.18. The summed E-state index contributed by atoms with van der Waals surface area (Å²) in [6, 6.07) is 32.0. The fourth-order valence-electron chi connectivity index (χ4n) is 10.6. The van der Waals surface area contributed by atoms with Crippen LogP contribution in [0.15, 0.2) is 84.9 Å². The van der Waals surface area contributed by atoms with Gasteiger partial charge in [0.05, 0.1) is 0 Å². The lowest BCUT2D eigenvalue weighted by molar-refractivity contribution is 0.396. The van der Waals surface area contributed by atoms with Gasteiger partial charge in [0.2, 0.25) is 0 Å². The smallest absolute Gasteiger partial charge is 0.0215 e. The summed E-state index contributed by atoms with van der Waals surface area (Å²) in [6.45, 7) is 6.90. The van der Waals surface area contributed by atoms with Gasteiger partial charge in [-0.1, -0.05) is 284 Å². The maximum atomic E-state index is 3.46. The van der Waals surface area contributed by atoms with E-state index in [0.717, 1.165) is 6.42 Å². The molecule has 0 heterocycles. The second kappa shape index (κ2) is 35.0. The maximum Gasteiger partial charge on any atom is 0.0215 e. The lowest BCUT2D eigenvalue weighted by atomic mass is 9.70. The molecule has 0 aliphatic heterocycles. The summed E-state index contributed by atoms with van der Waals surface area (Å²) < 4.78 is 2.72. The molecule has 0 saturated carbocycles. The molecule has 6 rings (SSSR count). The summed E-state index contributed by atoms with van der Waals surface area (Å²) in [4.78, 5) is 0. The van der Waals surface area contributed by atoms with Crippen molar-refractivity contribution < 1.29 is 0 Å². The van der Waals surface area contributed by atoms with Gasteiger partial charge in [0.15, 0.2) is 0 Å². The van der Waals surface area contributed by atoms with E-state index in [4.69, 9.17) is 0 Å². The number of hydrogen-bond acceptors (Lipinski definition) is 0. The topological polar surface area (TPSA) is 0 Å². The monoisotopic (exact) mass is 1170 g/mol. The van der Waals surface area contributed by atoms with Crippen LogP contribution in [0, 0.1) is 7.14 Å². The highest BCUT2D eigenvalue weighted by Crippen LogP contribution is 2.54. The highest BCUT2D eigenvalue weighted by Gasteiger charge is 2.42. The van der Waals surface area contributed by atoms with Crippen LogP contribution in [0.2, 0.25) is 0 Å². The second-order valence-electron chi connectivity index (χ2n) is 19.7. The molecule has 360 valence electrons. The van der Waals surface area contributed by atoms with E-state index >= 15 is 0 Å². The van der Waals surface area contributed by atoms with Crippen LogP contribution in [0.3, 0.4) is 0 Å². The molecular formula is C62H91BrI2. The zero-order valence-corrected chi connectivity index (χ0v) is 47.7. The van der Waals surface area contributed by atoms with Gasteiger partial charge < -0.3 is 0 Å². The Hall–Kier alpha value is -1.18. The first-order valence-corrected chi connectivity index (χ1v) is 30.6. The third-order valence-corrected chi connectivity index (χ3v) is 16.3. The largest absolute Gasteiger partial charge is 0.0928 e. The van der Waals surface area contributed by atoms with Gasteiger partial charge >= 0.3 is 0 Å². The van der Waals surface area contributed by atoms with Crippen molar-refractivity contribution in [2.75, 3.05) is 5.33 Å². The standard InChI is InChI=1S/C37H57I.C13H9I.C12H25Br/c1-3-5-7-9-11-13-15-17-19-23-29-37(30-24-20-18-16-14-12-10-8-6-4-2)35-26-22-21-25-33(35)34-28-27-32(38)31-36(34)37;14-11-5-6-13-10(8-11)7-9-3-1-2-4-12(9)13;1-2-3-4-5-6-7-8-9-10-11-12-13/h21-22,25-28,31H,3-20,23-24,29-30H2,1-2H3;1-6,8H,7H2;2-12H2,1H3. The average molecular weight is 1170 g/mol. The van der Waals surface area contributed by atoms with Crippen molar-refractivity contribution in [2.45, 2.75) is 238 Å². The molecule has 0 bridgehead atoms. The maximum absolute atomic E-state index is 3.46. The Morgan fingerprint density at radius 2 is 0.738 bits per heavy atom. The van der Waals surface area contributed by atoms with Crippen LogP contribution >= 0.6 is 61.1 Å². The van der Waals surface area contributed by atoms with Crippen molar-refractivity contribution in [2.24, 2.45) is 0 Å². The van der Waals surface area contributed by atoms with E-state index in [2.05, 4.69) is 167 Å².